The summed E-state index contributed by atoms with van der Waals surface area (Å²) in [5.41, 5.74) is -1.21. The van der Waals surface area contributed by atoms with Gasteiger partial charge in [-0.15, -0.1) is 0 Å². The molecule has 1 aromatic rings. The van der Waals surface area contributed by atoms with Crippen molar-refractivity contribution in [2.75, 3.05) is 7.11 Å². The summed E-state index contributed by atoms with van der Waals surface area (Å²) in [5, 5.41) is 6.28. The zero-order chi connectivity index (χ0) is 26.7. The minimum atomic E-state index is -8.04. The van der Waals surface area contributed by atoms with Crippen molar-refractivity contribution in [3.63, 3.8) is 0 Å². The minimum Gasteiger partial charge on any atom is -0.497 e. The Morgan fingerprint density at radius 3 is 1.24 bits per heavy atom. The molecule has 0 amide bonds. The molecule has 0 radical (unpaired) electrons. The van der Waals surface area contributed by atoms with Crippen LogP contribution in [0.25, 0.3) is 0 Å². The van der Waals surface area contributed by atoms with Gasteiger partial charge in [0.2, 0.25) is 0 Å². The fourth-order valence-electron chi connectivity index (χ4n) is 2.91. The lowest BCUT2D eigenvalue weighted by atomic mass is 9.88. The number of benzene rings is 1. The fraction of sp³-hybridized carbons (Fsp3) is 0.647. The first kappa shape index (κ1) is 29.3. The predicted octanol–water partition coefficient (Wildman–Crippen LogP) is 6.50. The summed E-state index contributed by atoms with van der Waals surface area (Å²) in [6, 6.07) is 2.61. The van der Waals surface area contributed by atoms with Gasteiger partial charge in [0.15, 0.2) is 0 Å². The van der Waals surface area contributed by atoms with E-state index in [0.717, 1.165) is 38.9 Å². The molecular formula is C17H17F13O2Si. The molecule has 0 saturated heterocycles. The van der Waals surface area contributed by atoms with Crippen molar-refractivity contribution in [2.24, 2.45) is 0 Å². The van der Waals surface area contributed by atoms with E-state index < -0.39 is 54.7 Å². The van der Waals surface area contributed by atoms with E-state index in [1.54, 1.807) is 0 Å². The van der Waals surface area contributed by atoms with Crippen LogP contribution in [0.5, 0.6) is 5.75 Å². The van der Waals surface area contributed by atoms with Crippen LogP contribution in [0.3, 0.4) is 0 Å². The topological polar surface area (TPSA) is 29.5 Å². The van der Waals surface area contributed by atoms with Crippen molar-refractivity contribution in [1.29, 1.82) is 0 Å². The second kappa shape index (κ2) is 7.92. The summed E-state index contributed by atoms with van der Waals surface area (Å²) in [5.74, 6) is -38.2. The summed E-state index contributed by atoms with van der Waals surface area (Å²) in [6.07, 6.45) is -7.50. The van der Waals surface area contributed by atoms with Gasteiger partial charge in [0.1, 0.15) is 11.0 Å². The van der Waals surface area contributed by atoms with Gasteiger partial charge in [0, 0.05) is 0 Å². The van der Waals surface area contributed by atoms with Gasteiger partial charge in [0.05, 0.1) is 15.2 Å². The monoisotopic (exact) mass is 528 g/mol. The maximum absolute atomic E-state index is 15.0. The summed E-state index contributed by atoms with van der Waals surface area (Å²) >= 11 is 0. The predicted molar refractivity (Wildman–Crippen MR) is 91.0 cm³/mol. The Hall–Kier alpha value is -1.71. The smallest absolute Gasteiger partial charge is 0.460 e. The number of halogens is 13. The average molecular weight is 528 g/mol. The van der Waals surface area contributed by atoms with Gasteiger partial charge < -0.3 is 9.84 Å². The molecule has 0 aliphatic rings. The molecule has 0 aromatic heterocycles. The molecular weight excluding hydrogens is 511 g/mol. The molecule has 1 N–H and O–H groups in total. The Morgan fingerprint density at radius 2 is 0.939 bits per heavy atom. The third-order valence-electron chi connectivity index (χ3n) is 4.98. The lowest BCUT2D eigenvalue weighted by Gasteiger charge is -2.49. The Morgan fingerprint density at radius 1 is 0.606 bits per heavy atom. The Bertz CT molecular complexity index is 844. The molecule has 1 atom stereocenters. The van der Waals surface area contributed by atoms with E-state index in [1.807, 2.05) is 0 Å². The van der Waals surface area contributed by atoms with Gasteiger partial charge in [0.25, 0.3) is 0 Å². The summed E-state index contributed by atoms with van der Waals surface area (Å²) in [4.78, 5) is 0. The third kappa shape index (κ3) is 3.85. The molecule has 0 bridgehead atoms. The molecule has 0 heterocycles. The highest BCUT2D eigenvalue weighted by Crippen LogP contribution is 2.63. The number of methoxy groups -OCH3 is 1. The second-order valence-corrected chi connectivity index (χ2v) is 13.3. The van der Waals surface area contributed by atoms with Crippen molar-refractivity contribution < 1.29 is 66.9 Å². The first-order valence-electron chi connectivity index (χ1n) is 8.61. The van der Waals surface area contributed by atoms with Gasteiger partial charge in [-0.25, -0.2) is 0 Å². The second-order valence-electron chi connectivity index (χ2n) is 8.06. The number of hydrogen-bond acceptors (Lipinski definition) is 2. The number of aliphatic hydroxyl groups is 1. The number of rotatable bonds is 8. The zero-order valence-corrected chi connectivity index (χ0v) is 18.1. The normalized spacial score (nSPS) is 17.0. The minimum absolute atomic E-state index is 0.103. The van der Waals surface area contributed by atoms with Crippen molar-refractivity contribution in [3.8, 4) is 5.75 Å². The Labute approximate surface area is 179 Å². The molecule has 0 aliphatic heterocycles. The van der Waals surface area contributed by atoms with Crippen LogP contribution >= 0.6 is 0 Å². The van der Waals surface area contributed by atoms with Crippen LogP contribution in [0.4, 0.5) is 57.1 Å². The largest absolute Gasteiger partial charge is 0.497 e. The first-order chi connectivity index (χ1) is 14.3. The highest BCUT2D eigenvalue weighted by atomic mass is 28.3. The van der Waals surface area contributed by atoms with Crippen LogP contribution < -0.4 is 4.74 Å². The standard InChI is InChI=1S/C17H17F13O2Si/c1-32-10-7-5-9(6-8-10)11(31,33(2,3)4)12(18,19)13(20,21)14(22,23)15(24,25)16(26,27)17(28,29)30/h5-8,31H,1-4H3. The van der Waals surface area contributed by atoms with Gasteiger partial charge in [-0.3, -0.25) is 0 Å². The summed E-state index contributed by atoms with van der Waals surface area (Å²) in [7, 11) is -3.27. The number of ether oxygens (including phenoxy) is 1. The van der Waals surface area contributed by atoms with Crippen molar-refractivity contribution >= 4 is 8.07 Å². The molecule has 1 rings (SSSR count). The van der Waals surface area contributed by atoms with E-state index in [1.165, 1.54) is 0 Å². The van der Waals surface area contributed by atoms with Crippen LogP contribution in [0.15, 0.2) is 24.3 Å². The van der Waals surface area contributed by atoms with Crippen molar-refractivity contribution in [3.05, 3.63) is 29.8 Å². The lowest BCUT2D eigenvalue weighted by molar-refractivity contribution is -0.447. The van der Waals surface area contributed by atoms with Gasteiger partial charge in [-0.1, -0.05) is 31.8 Å². The summed E-state index contributed by atoms with van der Waals surface area (Å²) < 4.78 is 181. The fourth-order valence-corrected chi connectivity index (χ4v) is 5.05. The van der Waals surface area contributed by atoms with Crippen molar-refractivity contribution in [1.82, 2.24) is 0 Å². The van der Waals surface area contributed by atoms with E-state index in [2.05, 4.69) is 4.74 Å². The van der Waals surface area contributed by atoms with Crippen LogP contribution in [0.1, 0.15) is 5.56 Å². The molecule has 0 fully saturated rings. The van der Waals surface area contributed by atoms with Gasteiger partial charge >= 0.3 is 35.8 Å². The molecule has 33 heavy (non-hydrogen) atoms. The number of alkyl halides is 13. The van der Waals surface area contributed by atoms with Crippen LogP contribution in [0.2, 0.25) is 19.6 Å². The van der Waals surface area contributed by atoms with Gasteiger partial charge in [-0.2, -0.15) is 57.1 Å². The SMILES string of the molecule is COc1ccc(C(O)(C(F)(F)C(F)(F)C(F)(F)C(F)(F)C(F)(F)C(F)(F)F)[Si](C)(C)C)cc1. The van der Waals surface area contributed by atoms with Gasteiger partial charge in [-0.05, 0) is 17.7 Å². The zero-order valence-electron chi connectivity index (χ0n) is 17.1. The maximum atomic E-state index is 15.0. The van der Waals surface area contributed by atoms with Crippen LogP contribution in [-0.2, 0) is 5.22 Å². The van der Waals surface area contributed by atoms with Crippen LogP contribution in [-0.4, -0.2) is 56.1 Å². The molecule has 192 valence electrons. The van der Waals surface area contributed by atoms with E-state index in [4.69, 9.17) is 0 Å². The summed E-state index contributed by atoms with van der Waals surface area (Å²) in [6.45, 7) is 2.17. The molecule has 0 saturated carbocycles. The Balaban J connectivity index is 3.88. The molecule has 1 aromatic carbocycles. The van der Waals surface area contributed by atoms with E-state index in [0.29, 0.717) is 12.1 Å². The first-order valence-corrected chi connectivity index (χ1v) is 12.1. The quantitative estimate of drug-likeness (QED) is 0.309. The Kier molecular flexibility index (Phi) is 7.03. The molecule has 0 spiro atoms. The van der Waals surface area contributed by atoms with E-state index in [-0.39, 0.29) is 5.75 Å². The molecule has 1 unspecified atom stereocenters. The molecule has 2 nitrogen and oxygen atoms in total. The third-order valence-corrected chi connectivity index (χ3v) is 7.75. The van der Waals surface area contributed by atoms with Crippen LogP contribution in [0, 0.1) is 0 Å². The maximum Gasteiger partial charge on any atom is 0.460 e. The number of hydrogen-bond donors (Lipinski definition) is 1. The molecule has 16 heteroatoms. The average Bonchev–Trinajstić information content (AvgIpc) is 2.64. The lowest BCUT2D eigenvalue weighted by Crippen LogP contribution is -2.76. The van der Waals surface area contributed by atoms with E-state index >= 15 is 0 Å². The van der Waals surface area contributed by atoms with Crippen molar-refractivity contribution in [2.45, 2.75) is 60.7 Å². The van der Waals surface area contributed by atoms with E-state index in [9.17, 15) is 62.2 Å². The molecule has 0 aliphatic carbocycles. The highest BCUT2D eigenvalue weighted by Gasteiger charge is 2.93. The highest BCUT2D eigenvalue weighted by molar-refractivity contribution is 6.78.